The van der Waals surface area contributed by atoms with E-state index in [0.29, 0.717) is 0 Å². The van der Waals surface area contributed by atoms with E-state index >= 15 is 0 Å². The molecule has 2 aromatic carbocycles. The SMILES string of the molecule is Cc1ccc(N)c(CN(C)Cc2ccccc2)c1. The van der Waals surface area contributed by atoms with Crippen LogP contribution < -0.4 is 5.73 Å². The fourth-order valence-electron chi connectivity index (χ4n) is 2.11. The van der Waals surface area contributed by atoms with Crippen molar-refractivity contribution in [3.63, 3.8) is 0 Å². The molecule has 0 bridgehead atoms. The standard InChI is InChI=1S/C16H20N2/c1-13-8-9-16(17)15(10-13)12-18(2)11-14-6-4-3-5-7-14/h3-10H,11-12,17H2,1-2H3. The summed E-state index contributed by atoms with van der Waals surface area (Å²) >= 11 is 0. The topological polar surface area (TPSA) is 29.3 Å². The second-order valence-electron chi connectivity index (χ2n) is 4.86. The van der Waals surface area contributed by atoms with Gasteiger partial charge >= 0.3 is 0 Å². The number of hydrogen-bond donors (Lipinski definition) is 1. The Kier molecular flexibility index (Phi) is 4.00. The zero-order chi connectivity index (χ0) is 13.0. The molecular formula is C16H20N2. The molecule has 0 atom stereocenters. The molecule has 18 heavy (non-hydrogen) atoms. The van der Waals surface area contributed by atoms with Gasteiger partial charge in [-0.3, -0.25) is 4.90 Å². The number of rotatable bonds is 4. The molecule has 0 amide bonds. The minimum absolute atomic E-state index is 0.875. The number of hydrogen-bond acceptors (Lipinski definition) is 2. The third kappa shape index (κ3) is 3.34. The Bertz CT molecular complexity index is 506. The van der Waals surface area contributed by atoms with Gasteiger partial charge in [0.15, 0.2) is 0 Å². The van der Waals surface area contributed by atoms with E-state index in [-0.39, 0.29) is 0 Å². The summed E-state index contributed by atoms with van der Waals surface area (Å²) in [5.74, 6) is 0. The minimum Gasteiger partial charge on any atom is -0.398 e. The quantitative estimate of drug-likeness (QED) is 0.831. The van der Waals surface area contributed by atoms with E-state index in [1.165, 1.54) is 16.7 Å². The summed E-state index contributed by atoms with van der Waals surface area (Å²) < 4.78 is 0. The molecule has 0 unspecified atom stereocenters. The molecule has 0 fully saturated rings. The van der Waals surface area contributed by atoms with Crippen LogP contribution in [0.2, 0.25) is 0 Å². The highest BCUT2D eigenvalue weighted by molar-refractivity contribution is 5.48. The second-order valence-corrected chi connectivity index (χ2v) is 4.86. The van der Waals surface area contributed by atoms with E-state index in [0.717, 1.165) is 18.8 Å². The summed E-state index contributed by atoms with van der Waals surface area (Å²) in [7, 11) is 2.12. The van der Waals surface area contributed by atoms with Crippen molar-refractivity contribution in [2.45, 2.75) is 20.0 Å². The Morgan fingerprint density at radius 2 is 1.72 bits per heavy atom. The lowest BCUT2D eigenvalue weighted by atomic mass is 10.1. The van der Waals surface area contributed by atoms with Crippen molar-refractivity contribution >= 4 is 5.69 Å². The van der Waals surface area contributed by atoms with Crippen LogP contribution in [-0.4, -0.2) is 11.9 Å². The van der Waals surface area contributed by atoms with Crippen LogP contribution in [0.15, 0.2) is 48.5 Å². The Labute approximate surface area is 109 Å². The normalized spacial score (nSPS) is 10.8. The van der Waals surface area contributed by atoms with E-state index in [1.807, 2.05) is 12.1 Å². The highest BCUT2D eigenvalue weighted by Crippen LogP contribution is 2.16. The molecule has 0 radical (unpaired) electrons. The molecule has 0 spiro atoms. The summed E-state index contributed by atoms with van der Waals surface area (Å²) in [6, 6.07) is 16.7. The van der Waals surface area contributed by atoms with Gasteiger partial charge in [0, 0.05) is 18.8 Å². The Morgan fingerprint density at radius 3 is 2.44 bits per heavy atom. The molecule has 2 N–H and O–H groups in total. The maximum Gasteiger partial charge on any atom is 0.0359 e. The number of nitrogen functional groups attached to an aromatic ring is 1. The van der Waals surface area contributed by atoms with Crippen molar-refractivity contribution in [2.75, 3.05) is 12.8 Å². The van der Waals surface area contributed by atoms with Crippen LogP contribution in [0.4, 0.5) is 5.69 Å². The number of nitrogens with zero attached hydrogens (tertiary/aromatic N) is 1. The maximum atomic E-state index is 6.00. The van der Waals surface area contributed by atoms with Gasteiger partial charge in [-0.1, -0.05) is 48.0 Å². The van der Waals surface area contributed by atoms with Gasteiger partial charge in [0.2, 0.25) is 0 Å². The lowest BCUT2D eigenvalue weighted by Crippen LogP contribution is -2.18. The van der Waals surface area contributed by atoms with Gasteiger partial charge < -0.3 is 5.73 Å². The molecule has 0 saturated heterocycles. The highest BCUT2D eigenvalue weighted by atomic mass is 15.1. The van der Waals surface area contributed by atoms with Crippen LogP contribution in [0.1, 0.15) is 16.7 Å². The molecular weight excluding hydrogens is 220 g/mol. The van der Waals surface area contributed by atoms with Gasteiger partial charge in [-0.15, -0.1) is 0 Å². The summed E-state index contributed by atoms with van der Waals surface area (Å²) in [5, 5.41) is 0. The molecule has 2 nitrogen and oxygen atoms in total. The molecule has 0 saturated carbocycles. The molecule has 0 aromatic heterocycles. The minimum atomic E-state index is 0.875. The number of benzene rings is 2. The smallest absolute Gasteiger partial charge is 0.0359 e. The van der Waals surface area contributed by atoms with Crippen LogP contribution in [0, 0.1) is 6.92 Å². The predicted octanol–water partition coefficient (Wildman–Crippen LogP) is 3.21. The molecule has 94 valence electrons. The van der Waals surface area contributed by atoms with Crippen molar-refractivity contribution in [1.29, 1.82) is 0 Å². The van der Waals surface area contributed by atoms with Gasteiger partial charge in [-0.25, -0.2) is 0 Å². The fraction of sp³-hybridized carbons (Fsp3) is 0.250. The molecule has 2 rings (SSSR count). The predicted molar refractivity (Wildman–Crippen MR) is 77.2 cm³/mol. The third-order valence-electron chi connectivity index (χ3n) is 3.03. The first kappa shape index (κ1) is 12.7. The number of anilines is 1. The molecule has 0 aliphatic heterocycles. The van der Waals surface area contributed by atoms with E-state index in [9.17, 15) is 0 Å². The lowest BCUT2D eigenvalue weighted by molar-refractivity contribution is 0.319. The van der Waals surface area contributed by atoms with E-state index < -0.39 is 0 Å². The monoisotopic (exact) mass is 240 g/mol. The van der Waals surface area contributed by atoms with Crippen LogP contribution in [0.25, 0.3) is 0 Å². The average Bonchev–Trinajstić information content (AvgIpc) is 2.35. The average molecular weight is 240 g/mol. The van der Waals surface area contributed by atoms with E-state index in [1.54, 1.807) is 0 Å². The Hall–Kier alpha value is -1.80. The zero-order valence-electron chi connectivity index (χ0n) is 11.1. The van der Waals surface area contributed by atoms with Crippen molar-refractivity contribution < 1.29 is 0 Å². The first-order valence-electron chi connectivity index (χ1n) is 6.22. The van der Waals surface area contributed by atoms with Gasteiger partial charge in [0.25, 0.3) is 0 Å². The molecule has 0 aliphatic rings. The molecule has 0 aliphatic carbocycles. The Morgan fingerprint density at radius 1 is 1.00 bits per heavy atom. The number of nitrogens with two attached hydrogens (primary N) is 1. The summed E-state index contributed by atoms with van der Waals surface area (Å²) in [5.41, 5.74) is 10.7. The Balaban J connectivity index is 2.03. The van der Waals surface area contributed by atoms with Crippen LogP contribution in [-0.2, 0) is 13.1 Å². The van der Waals surface area contributed by atoms with Crippen molar-refractivity contribution in [1.82, 2.24) is 4.90 Å². The molecule has 2 aromatic rings. The van der Waals surface area contributed by atoms with Crippen molar-refractivity contribution in [3.8, 4) is 0 Å². The number of aryl methyl sites for hydroxylation is 1. The van der Waals surface area contributed by atoms with Crippen molar-refractivity contribution in [3.05, 3.63) is 65.2 Å². The first-order valence-corrected chi connectivity index (χ1v) is 6.22. The molecule has 0 heterocycles. The largest absolute Gasteiger partial charge is 0.398 e. The first-order chi connectivity index (χ1) is 8.65. The van der Waals surface area contributed by atoms with E-state index in [2.05, 4.69) is 55.3 Å². The third-order valence-corrected chi connectivity index (χ3v) is 3.03. The summed E-state index contributed by atoms with van der Waals surface area (Å²) in [6.07, 6.45) is 0. The second kappa shape index (κ2) is 5.69. The van der Waals surface area contributed by atoms with Crippen molar-refractivity contribution in [2.24, 2.45) is 0 Å². The van der Waals surface area contributed by atoms with Crippen LogP contribution in [0.5, 0.6) is 0 Å². The molecule has 2 heteroatoms. The lowest BCUT2D eigenvalue weighted by Gasteiger charge is -2.18. The summed E-state index contributed by atoms with van der Waals surface area (Å²) in [6.45, 7) is 3.91. The fourth-order valence-corrected chi connectivity index (χ4v) is 2.11. The summed E-state index contributed by atoms with van der Waals surface area (Å²) in [4.78, 5) is 2.28. The zero-order valence-corrected chi connectivity index (χ0v) is 11.1. The van der Waals surface area contributed by atoms with Crippen LogP contribution >= 0.6 is 0 Å². The van der Waals surface area contributed by atoms with Gasteiger partial charge in [0.1, 0.15) is 0 Å². The van der Waals surface area contributed by atoms with E-state index in [4.69, 9.17) is 5.73 Å². The van der Waals surface area contributed by atoms with Crippen LogP contribution in [0.3, 0.4) is 0 Å². The van der Waals surface area contributed by atoms with Gasteiger partial charge in [0.05, 0.1) is 0 Å². The van der Waals surface area contributed by atoms with Gasteiger partial charge in [-0.05, 0) is 31.2 Å². The highest BCUT2D eigenvalue weighted by Gasteiger charge is 2.04. The van der Waals surface area contributed by atoms with Gasteiger partial charge in [-0.2, -0.15) is 0 Å². The maximum absolute atomic E-state index is 6.00.